The van der Waals surface area contributed by atoms with Crippen molar-refractivity contribution in [2.45, 2.75) is 39.7 Å². The van der Waals surface area contributed by atoms with E-state index in [0.29, 0.717) is 13.0 Å². The van der Waals surface area contributed by atoms with Crippen molar-refractivity contribution in [3.05, 3.63) is 76.6 Å². The van der Waals surface area contributed by atoms with Crippen LogP contribution in [0.25, 0.3) is 10.2 Å². The van der Waals surface area contributed by atoms with Gasteiger partial charge in [0.15, 0.2) is 4.80 Å². The molecule has 0 aliphatic rings. The standard InChI is InChI=1S/C22H24N2OS/c1-4-13-24-19-12-11-17(6-3)14-20(19)26-22(24)23-21(25)15-18-9-7-16(5-2)8-10-18/h4,7-12,14H,1,5-6,13,15H2,2-3H3. The van der Waals surface area contributed by atoms with E-state index < -0.39 is 0 Å². The van der Waals surface area contributed by atoms with Crippen LogP contribution in [-0.2, 0) is 30.6 Å². The van der Waals surface area contributed by atoms with E-state index >= 15 is 0 Å². The summed E-state index contributed by atoms with van der Waals surface area (Å²) in [6.45, 7) is 8.75. The van der Waals surface area contributed by atoms with Gasteiger partial charge in [-0.1, -0.05) is 61.6 Å². The molecule has 1 aromatic heterocycles. The van der Waals surface area contributed by atoms with Crippen LogP contribution in [0.3, 0.4) is 0 Å². The molecular weight excluding hydrogens is 340 g/mol. The molecule has 3 nitrogen and oxygen atoms in total. The van der Waals surface area contributed by atoms with Gasteiger partial charge in [0.1, 0.15) is 0 Å². The Hall–Kier alpha value is -2.46. The minimum absolute atomic E-state index is 0.116. The number of rotatable bonds is 6. The number of amides is 1. The van der Waals surface area contributed by atoms with Crippen molar-refractivity contribution in [2.75, 3.05) is 0 Å². The van der Waals surface area contributed by atoms with E-state index in [4.69, 9.17) is 0 Å². The van der Waals surface area contributed by atoms with Crippen LogP contribution in [0, 0.1) is 0 Å². The second-order valence-corrected chi connectivity index (χ2v) is 7.30. The molecule has 0 saturated heterocycles. The van der Waals surface area contributed by atoms with Gasteiger partial charge in [0.05, 0.1) is 16.6 Å². The summed E-state index contributed by atoms with van der Waals surface area (Å²) in [6, 6.07) is 14.6. The van der Waals surface area contributed by atoms with Crippen LogP contribution in [-0.4, -0.2) is 10.5 Å². The molecule has 0 atom stereocenters. The number of benzene rings is 2. The largest absolute Gasteiger partial charge is 0.313 e. The van der Waals surface area contributed by atoms with Crippen molar-refractivity contribution >= 4 is 27.5 Å². The first-order valence-corrected chi connectivity index (χ1v) is 9.84. The summed E-state index contributed by atoms with van der Waals surface area (Å²) < 4.78 is 3.22. The van der Waals surface area contributed by atoms with Gasteiger partial charge in [-0.2, -0.15) is 4.99 Å². The predicted octanol–water partition coefficient (Wildman–Crippen LogP) is 4.68. The van der Waals surface area contributed by atoms with Crippen molar-refractivity contribution in [3.8, 4) is 0 Å². The Morgan fingerprint density at radius 3 is 2.38 bits per heavy atom. The van der Waals surface area contributed by atoms with Crippen LogP contribution in [0.2, 0.25) is 0 Å². The van der Waals surface area contributed by atoms with Crippen LogP contribution < -0.4 is 4.80 Å². The Kier molecular flexibility index (Phi) is 5.84. The van der Waals surface area contributed by atoms with E-state index in [1.807, 2.05) is 18.2 Å². The maximum atomic E-state index is 12.5. The van der Waals surface area contributed by atoms with E-state index in [0.717, 1.165) is 33.4 Å². The number of aryl methyl sites for hydroxylation is 2. The molecule has 0 aliphatic heterocycles. The third-order valence-electron chi connectivity index (χ3n) is 4.47. The molecule has 0 fully saturated rings. The number of carbonyl (C=O) groups excluding carboxylic acids is 1. The van der Waals surface area contributed by atoms with Crippen LogP contribution in [0.1, 0.15) is 30.5 Å². The maximum Gasteiger partial charge on any atom is 0.252 e. The zero-order valence-electron chi connectivity index (χ0n) is 15.4. The Morgan fingerprint density at radius 2 is 1.73 bits per heavy atom. The normalized spacial score (nSPS) is 11.8. The van der Waals surface area contributed by atoms with Crippen LogP contribution in [0.5, 0.6) is 0 Å². The average molecular weight is 365 g/mol. The highest BCUT2D eigenvalue weighted by Gasteiger charge is 2.08. The van der Waals surface area contributed by atoms with Gasteiger partial charge in [-0.3, -0.25) is 4.79 Å². The van der Waals surface area contributed by atoms with Gasteiger partial charge in [-0.05, 0) is 41.7 Å². The van der Waals surface area contributed by atoms with E-state index in [-0.39, 0.29) is 5.91 Å². The number of nitrogens with zero attached hydrogens (tertiary/aromatic N) is 2. The summed E-state index contributed by atoms with van der Waals surface area (Å²) in [5.41, 5.74) is 4.67. The van der Waals surface area contributed by atoms with Gasteiger partial charge >= 0.3 is 0 Å². The monoisotopic (exact) mass is 364 g/mol. The minimum Gasteiger partial charge on any atom is -0.313 e. The number of aromatic nitrogens is 1. The van der Waals surface area contributed by atoms with E-state index in [1.54, 1.807) is 11.3 Å². The zero-order valence-corrected chi connectivity index (χ0v) is 16.2. The molecule has 26 heavy (non-hydrogen) atoms. The Morgan fingerprint density at radius 1 is 1.08 bits per heavy atom. The number of allylic oxidation sites excluding steroid dienone is 1. The molecule has 0 N–H and O–H groups in total. The van der Waals surface area contributed by atoms with Crippen molar-refractivity contribution in [1.82, 2.24) is 4.57 Å². The summed E-state index contributed by atoms with van der Waals surface area (Å²) in [4.78, 5) is 17.6. The van der Waals surface area contributed by atoms with Crippen LogP contribution in [0.4, 0.5) is 0 Å². The topological polar surface area (TPSA) is 34.4 Å². The van der Waals surface area contributed by atoms with Gasteiger partial charge in [0.2, 0.25) is 0 Å². The molecule has 0 bridgehead atoms. The highest BCUT2D eigenvalue weighted by molar-refractivity contribution is 7.16. The summed E-state index contributed by atoms with van der Waals surface area (Å²) >= 11 is 1.57. The van der Waals surface area contributed by atoms with Gasteiger partial charge in [0, 0.05) is 6.54 Å². The van der Waals surface area contributed by atoms with E-state index in [2.05, 4.69) is 60.3 Å². The molecule has 4 heteroatoms. The van der Waals surface area contributed by atoms with E-state index in [1.165, 1.54) is 11.1 Å². The van der Waals surface area contributed by atoms with E-state index in [9.17, 15) is 4.79 Å². The minimum atomic E-state index is -0.116. The van der Waals surface area contributed by atoms with Crippen molar-refractivity contribution in [2.24, 2.45) is 4.99 Å². The second-order valence-electron chi connectivity index (χ2n) is 6.29. The van der Waals surface area contributed by atoms with Crippen molar-refractivity contribution < 1.29 is 4.79 Å². The maximum absolute atomic E-state index is 12.5. The SMILES string of the molecule is C=CCn1c(=NC(=O)Cc2ccc(CC)cc2)sc2cc(CC)ccc21. The molecule has 1 amide bonds. The van der Waals surface area contributed by atoms with Crippen molar-refractivity contribution in [1.29, 1.82) is 0 Å². The predicted molar refractivity (Wildman–Crippen MR) is 109 cm³/mol. The molecule has 0 aliphatic carbocycles. The first kappa shape index (κ1) is 18.3. The quantitative estimate of drug-likeness (QED) is 0.585. The van der Waals surface area contributed by atoms with Crippen LogP contribution in [0.15, 0.2) is 60.1 Å². The summed E-state index contributed by atoms with van der Waals surface area (Å²) in [5, 5.41) is 0. The Balaban J connectivity index is 1.94. The number of hydrogen-bond acceptors (Lipinski definition) is 2. The third-order valence-corrected chi connectivity index (χ3v) is 5.52. The lowest BCUT2D eigenvalue weighted by atomic mass is 10.1. The number of hydrogen-bond donors (Lipinski definition) is 0. The van der Waals surface area contributed by atoms with Gasteiger partial charge in [-0.25, -0.2) is 0 Å². The molecule has 0 radical (unpaired) electrons. The lowest BCUT2D eigenvalue weighted by molar-refractivity contribution is -0.117. The molecule has 134 valence electrons. The van der Waals surface area contributed by atoms with Gasteiger partial charge in [0.25, 0.3) is 5.91 Å². The fourth-order valence-electron chi connectivity index (χ4n) is 2.94. The van der Waals surface area contributed by atoms with Crippen molar-refractivity contribution in [3.63, 3.8) is 0 Å². The molecule has 0 saturated carbocycles. The lowest BCUT2D eigenvalue weighted by Crippen LogP contribution is -2.16. The highest BCUT2D eigenvalue weighted by Crippen LogP contribution is 2.20. The zero-order chi connectivity index (χ0) is 18.5. The van der Waals surface area contributed by atoms with Gasteiger partial charge in [-0.15, -0.1) is 6.58 Å². The summed E-state index contributed by atoms with van der Waals surface area (Å²) in [6.07, 6.45) is 4.16. The molecule has 0 unspecified atom stereocenters. The fourth-order valence-corrected chi connectivity index (χ4v) is 4.06. The highest BCUT2D eigenvalue weighted by atomic mass is 32.1. The lowest BCUT2D eigenvalue weighted by Gasteiger charge is -2.02. The molecular formula is C22H24N2OS. The number of thiazole rings is 1. The average Bonchev–Trinajstić information content (AvgIpc) is 2.98. The van der Waals surface area contributed by atoms with Crippen LogP contribution >= 0.6 is 11.3 Å². The Labute approximate surface area is 158 Å². The molecule has 3 rings (SSSR count). The summed E-state index contributed by atoms with van der Waals surface area (Å²) in [5.74, 6) is -0.116. The number of fused-ring (bicyclic) bond motifs is 1. The number of carbonyl (C=O) groups is 1. The van der Waals surface area contributed by atoms with Gasteiger partial charge < -0.3 is 4.57 Å². The Bertz CT molecular complexity index is 993. The first-order valence-electron chi connectivity index (χ1n) is 9.03. The smallest absolute Gasteiger partial charge is 0.252 e. The first-order chi connectivity index (χ1) is 12.6. The fraction of sp³-hybridized carbons (Fsp3) is 0.273. The molecule has 1 heterocycles. The third kappa shape index (κ3) is 4.02. The summed E-state index contributed by atoms with van der Waals surface area (Å²) in [7, 11) is 0. The molecule has 2 aromatic carbocycles. The molecule has 3 aromatic rings. The molecule has 0 spiro atoms. The second kappa shape index (κ2) is 8.28.